The van der Waals surface area contributed by atoms with Crippen LogP contribution in [0.1, 0.15) is 40.8 Å². The van der Waals surface area contributed by atoms with E-state index >= 15 is 0 Å². The summed E-state index contributed by atoms with van der Waals surface area (Å²) in [4.78, 5) is 12.4. The molecule has 25 heavy (non-hydrogen) atoms. The van der Waals surface area contributed by atoms with Crippen molar-refractivity contribution in [2.24, 2.45) is 0 Å². The molecule has 0 aromatic heterocycles. The van der Waals surface area contributed by atoms with Crippen molar-refractivity contribution in [3.8, 4) is 11.5 Å². The lowest BCUT2D eigenvalue weighted by Gasteiger charge is -2.18. The lowest BCUT2D eigenvalue weighted by molar-refractivity contribution is -0.121. The molecule has 4 heteroatoms. The maximum absolute atomic E-state index is 12.4. The van der Waals surface area contributed by atoms with Crippen LogP contribution in [0.15, 0.2) is 30.3 Å². The van der Waals surface area contributed by atoms with Crippen LogP contribution >= 0.6 is 0 Å². The van der Waals surface area contributed by atoms with Crippen LogP contribution in [0.4, 0.5) is 0 Å². The van der Waals surface area contributed by atoms with Crippen molar-refractivity contribution in [3.05, 3.63) is 58.1 Å². The summed E-state index contributed by atoms with van der Waals surface area (Å²) in [6, 6.07) is 9.83. The van der Waals surface area contributed by atoms with E-state index in [2.05, 4.69) is 38.2 Å². The van der Waals surface area contributed by atoms with E-state index in [-0.39, 0.29) is 11.9 Å². The second-order valence-electron chi connectivity index (χ2n) is 6.45. The Hall–Kier alpha value is -2.49. The Bertz CT molecular complexity index is 768. The van der Waals surface area contributed by atoms with Crippen molar-refractivity contribution < 1.29 is 14.3 Å². The van der Waals surface area contributed by atoms with E-state index in [1.807, 2.05) is 25.1 Å². The molecular formula is C21H27NO3. The van der Waals surface area contributed by atoms with Crippen molar-refractivity contribution in [1.82, 2.24) is 5.32 Å². The normalized spacial score (nSPS) is 11.8. The lowest BCUT2D eigenvalue weighted by atomic mass is 9.96. The minimum Gasteiger partial charge on any atom is -0.493 e. The van der Waals surface area contributed by atoms with Crippen molar-refractivity contribution in [2.45, 2.75) is 40.2 Å². The number of carbonyl (C=O) groups is 1. The second-order valence-corrected chi connectivity index (χ2v) is 6.45. The second kappa shape index (κ2) is 8.06. The number of amides is 1. The molecule has 0 aliphatic heterocycles. The Labute approximate surface area is 150 Å². The van der Waals surface area contributed by atoms with Gasteiger partial charge < -0.3 is 14.8 Å². The van der Waals surface area contributed by atoms with Gasteiger partial charge in [0.05, 0.1) is 26.7 Å². The average molecular weight is 341 g/mol. The van der Waals surface area contributed by atoms with Crippen LogP contribution < -0.4 is 14.8 Å². The number of hydrogen-bond acceptors (Lipinski definition) is 3. The number of hydrogen-bond donors (Lipinski definition) is 1. The minimum atomic E-state index is -0.0352. The molecule has 0 aliphatic carbocycles. The van der Waals surface area contributed by atoms with E-state index in [9.17, 15) is 4.79 Å². The van der Waals surface area contributed by atoms with Gasteiger partial charge in [0.2, 0.25) is 5.91 Å². The number of benzene rings is 2. The first-order valence-corrected chi connectivity index (χ1v) is 8.43. The summed E-state index contributed by atoms with van der Waals surface area (Å²) in [5.74, 6) is 1.27. The third kappa shape index (κ3) is 4.53. The van der Waals surface area contributed by atoms with Crippen molar-refractivity contribution >= 4 is 5.91 Å². The third-order valence-corrected chi connectivity index (χ3v) is 4.54. The molecule has 0 fully saturated rings. The maximum Gasteiger partial charge on any atom is 0.224 e. The first-order chi connectivity index (χ1) is 11.8. The molecule has 1 atom stereocenters. The Morgan fingerprint density at radius 1 is 0.960 bits per heavy atom. The smallest absolute Gasteiger partial charge is 0.224 e. The molecule has 0 saturated carbocycles. The van der Waals surface area contributed by atoms with Gasteiger partial charge in [0.15, 0.2) is 11.5 Å². The molecule has 0 unspecified atom stereocenters. The van der Waals surface area contributed by atoms with Crippen LogP contribution in [0, 0.1) is 20.8 Å². The van der Waals surface area contributed by atoms with Gasteiger partial charge in [0.25, 0.3) is 0 Å². The molecule has 2 rings (SSSR count). The largest absolute Gasteiger partial charge is 0.493 e. The highest BCUT2D eigenvalue weighted by atomic mass is 16.5. The fourth-order valence-corrected chi connectivity index (χ4v) is 3.00. The van der Waals surface area contributed by atoms with Gasteiger partial charge in [-0.2, -0.15) is 0 Å². The van der Waals surface area contributed by atoms with Crippen LogP contribution in [0.25, 0.3) is 0 Å². The number of carbonyl (C=O) groups excluding carboxylic acids is 1. The fourth-order valence-electron chi connectivity index (χ4n) is 3.00. The molecule has 2 aromatic carbocycles. The van der Waals surface area contributed by atoms with Gasteiger partial charge in [-0.05, 0) is 67.6 Å². The van der Waals surface area contributed by atoms with E-state index in [1.54, 1.807) is 14.2 Å². The first kappa shape index (κ1) is 18.8. The highest BCUT2D eigenvalue weighted by Gasteiger charge is 2.14. The molecule has 4 nitrogen and oxygen atoms in total. The molecule has 0 saturated heterocycles. The zero-order valence-corrected chi connectivity index (χ0v) is 15.9. The summed E-state index contributed by atoms with van der Waals surface area (Å²) < 4.78 is 10.5. The number of rotatable bonds is 6. The minimum absolute atomic E-state index is 0.0163. The number of methoxy groups -OCH3 is 2. The van der Waals surface area contributed by atoms with Crippen LogP contribution in [-0.2, 0) is 11.2 Å². The van der Waals surface area contributed by atoms with Crippen LogP contribution in [0.5, 0.6) is 11.5 Å². The predicted molar refractivity (Wildman–Crippen MR) is 100 cm³/mol. The van der Waals surface area contributed by atoms with Crippen molar-refractivity contribution in [1.29, 1.82) is 0 Å². The van der Waals surface area contributed by atoms with Gasteiger partial charge in [-0.25, -0.2) is 0 Å². The van der Waals surface area contributed by atoms with E-state index in [0.717, 1.165) is 11.1 Å². The van der Waals surface area contributed by atoms with Gasteiger partial charge >= 0.3 is 0 Å². The summed E-state index contributed by atoms with van der Waals surface area (Å²) in [5, 5.41) is 3.09. The Morgan fingerprint density at radius 3 is 2.24 bits per heavy atom. The van der Waals surface area contributed by atoms with Gasteiger partial charge in [-0.3, -0.25) is 4.79 Å². The molecular weight excluding hydrogens is 314 g/mol. The molecule has 134 valence electrons. The quantitative estimate of drug-likeness (QED) is 0.862. The monoisotopic (exact) mass is 341 g/mol. The Balaban J connectivity index is 2.08. The molecule has 1 amide bonds. The van der Waals surface area contributed by atoms with Gasteiger partial charge in [-0.15, -0.1) is 0 Å². The molecule has 2 aromatic rings. The summed E-state index contributed by atoms with van der Waals surface area (Å²) in [6.45, 7) is 8.30. The van der Waals surface area contributed by atoms with Gasteiger partial charge in [0, 0.05) is 0 Å². The Kier molecular flexibility index (Phi) is 6.07. The SMILES string of the molecule is COc1ccc(CC(=O)N[C@@H](C)c2cc(C)c(C)cc2C)cc1OC. The van der Waals surface area contributed by atoms with Crippen molar-refractivity contribution in [2.75, 3.05) is 14.2 Å². The highest BCUT2D eigenvalue weighted by molar-refractivity contribution is 5.79. The first-order valence-electron chi connectivity index (χ1n) is 8.43. The van der Waals surface area contributed by atoms with Crippen LogP contribution in [0.2, 0.25) is 0 Å². The van der Waals surface area contributed by atoms with Gasteiger partial charge in [-0.1, -0.05) is 18.2 Å². The number of aryl methyl sites for hydroxylation is 3. The Morgan fingerprint density at radius 2 is 1.60 bits per heavy atom. The predicted octanol–water partition coefficient (Wildman–Crippen LogP) is 4.05. The highest BCUT2D eigenvalue weighted by Crippen LogP contribution is 2.28. The molecule has 0 radical (unpaired) electrons. The maximum atomic E-state index is 12.4. The standard InChI is InChI=1S/C21H27NO3/c1-13-9-15(3)18(10-14(13)2)16(4)22-21(23)12-17-7-8-19(24-5)20(11-17)25-6/h7-11,16H,12H2,1-6H3,(H,22,23)/t16-/m0/s1. The van der Waals surface area contributed by atoms with Crippen molar-refractivity contribution in [3.63, 3.8) is 0 Å². The lowest BCUT2D eigenvalue weighted by Crippen LogP contribution is -2.28. The van der Waals surface area contributed by atoms with E-state index < -0.39 is 0 Å². The fraction of sp³-hybridized carbons (Fsp3) is 0.381. The number of nitrogens with one attached hydrogen (secondary N) is 1. The van der Waals surface area contributed by atoms with Gasteiger partial charge in [0.1, 0.15) is 0 Å². The molecule has 0 spiro atoms. The average Bonchev–Trinajstić information content (AvgIpc) is 2.57. The molecule has 0 aliphatic rings. The molecule has 1 N–H and O–H groups in total. The summed E-state index contributed by atoms with van der Waals surface area (Å²) in [7, 11) is 3.18. The zero-order chi connectivity index (χ0) is 18.6. The van der Waals surface area contributed by atoms with Crippen LogP contribution in [-0.4, -0.2) is 20.1 Å². The molecule has 0 bridgehead atoms. The number of ether oxygens (including phenoxy) is 2. The van der Waals surface area contributed by atoms with E-state index in [1.165, 1.54) is 16.7 Å². The summed E-state index contributed by atoms with van der Waals surface area (Å²) in [6.07, 6.45) is 0.300. The van der Waals surface area contributed by atoms with E-state index in [4.69, 9.17) is 9.47 Å². The van der Waals surface area contributed by atoms with Crippen LogP contribution in [0.3, 0.4) is 0 Å². The zero-order valence-electron chi connectivity index (χ0n) is 15.9. The molecule has 0 heterocycles. The van der Waals surface area contributed by atoms with E-state index in [0.29, 0.717) is 17.9 Å². The summed E-state index contributed by atoms with van der Waals surface area (Å²) in [5.41, 5.74) is 5.75. The third-order valence-electron chi connectivity index (χ3n) is 4.54. The topological polar surface area (TPSA) is 47.6 Å². The summed E-state index contributed by atoms with van der Waals surface area (Å²) >= 11 is 0.